The fraction of sp³-hybridized carbons (Fsp3) is 0.0588. The quantitative estimate of drug-likeness (QED) is 0.714. The van der Waals surface area contributed by atoms with Gasteiger partial charge in [0.05, 0.1) is 34.2 Å². The Bertz CT molecular complexity index is 1090. The number of aromatic nitrogens is 1. The van der Waals surface area contributed by atoms with Gasteiger partial charge in [0, 0.05) is 11.6 Å². The van der Waals surface area contributed by atoms with E-state index in [-0.39, 0.29) is 20.4 Å². The van der Waals surface area contributed by atoms with Gasteiger partial charge in [-0.3, -0.25) is 4.98 Å². The Kier molecular flexibility index (Phi) is 4.14. The summed E-state index contributed by atoms with van der Waals surface area (Å²) in [6.07, 6.45) is 1.23. The molecular weight excluding hydrogens is 348 g/mol. The Balaban J connectivity index is 2.24. The van der Waals surface area contributed by atoms with E-state index in [1.54, 1.807) is 18.2 Å². The zero-order valence-corrected chi connectivity index (χ0v) is 14.1. The van der Waals surface area contributed by atoms with Crippen molar-refractivity contribution in [1.29, 1.82) is 5.26 Å². The summed E-state index contributed by atoms with van der Waals surface area (Å²) in [5, 5.41) is 9.51. The van der Waals surface area contributed by atoms with E-state index in [0.29, 0.717) is 16.7 Å². The Hall–Kier alpha value is -2.62. The van der Waals surface area contributed by atoms with Gasteiger partial charge < -0.3 is 4.74 Å². The standard InChI is InChI=1S/C17H11ClN2O3S/c1-23-12-5-6-15-14(8-12)17(18)16(10-20-15)24(21,22)13-4-2-3-11(7-13)9-19/h2-8,10H,1H3. The highest BCUT2D eigenvalue weighted by Gasteiger charge is 2.23. The Morgan fingerprint density at radius 1 is 1.21 bits per heavy atom. The number of hydrogen-bond acceptors (Lipinski definition) is 5. The normalized spacial score (nSPS) is 11.2. The van der Waals surface area contributed by atoms with Crippen LogP contribution in [0.2, 0.25) is 5.02 Å². The van der Waals surface area contributed by atoms with Crippen LogP contribution in [0.15, 0.2) is 58.5 Å². The van der Waals surface area contributed by atoms with E-state index in [1.165, 1.54) is 37.6 Å². The first-order valence-electron chi connectivity index (χ1n) is 6.85. The average Bonchev–Trinajstić information content (AvgIpc) is 2.61. The molecule has 2 aromatic carbocycles. The Morgan fingerprint density at radius 2 is 2.00 bits per heavy atom. The second-order valence-corrected chi connectivity index (χ2v) is 7.26. The van der Waals surface area contributed by atoms with Crippen molar-refractivity contribution in [3.63, 3.8) is 0 Å². The lowest BCUT2D eigenvalue weighted by atomic mass is 10.2. The van der Waals surface area contributed by atoms with Crippen LogP contribution in [-0.2, 0) is 9.84 Å². The number of nitriles is 1. The first-order chi connectivity index (χ1) is 11.5. The van der Waals surface area contributed by atoms with E-state index < -0.39 is 9.84 Å². The maximum atomic E-state index is 12.9. The van der Waals surface area contributed by atoms with Gasteiger partial charge in [-0.05, 0) is 36.4 Å². The highest BCUT2D eigenvalue weighted by molar-refractivity contribution is 7.91. The van der Waals surface area contributed by atoms with Crippen LogP contribution in [0.3, 0.4) is 0 Å². The Morgan fingerprint density at radius 3 is 2.71 bits per heavy atom. The smallest absolute Gasteiger partial charge is 0.209 e. The van der Waals surface area contributed by atoms with Gasteiger partial charge in [0.25, 0.3) is 0 Å². The predicted octanol–water partition coefficient (Wildman–Crippen LogP) is 3.60. The third-order valence-corrected chi connectivity index (χ3v) is 5.82. The summed E-state index contributed by atoms with van der Waals surface area (Å²) in [5.41, 5.74) is 0.813. The monoisotopic (exact) mass is 358 g/mol. The molecule has 1 aromatic heterocycles. The Labute approximate surface area is 144 Å². The third kappa shape index (κ3) is 2.68. The lowest BCUT2D eigenvalue weighted by molar-refractivity contribution is 0.415. The molecule has 0 bridgehead atoms. The summed E-state index contributed by atoms with van der Waals surface area (Å²) in [6.45, 7) is 0. The summed E-state index contributed by atoms with van der Waals surface area (Å²) in [7, 11) is -2.39. The first-order valence-corrected chi connectivity index (χ1v) is 8.71. The fourth-order valence-corrected chi connectivity index (χ4v) is 4.13. The van der Waals surface area contributed by atoms with Crippen molar-refractivity contribution in [2.45, 2.75) is 9.79 Å². The second kappa shape index (κ2) is 6.11. The molecule has 0 aliphatic rings. The van der Waals surface area contributed by atoms with Gasteiger partial charge in [-0.25, -0.2) is 8.42 Å². The van der Waals surface area contributed by atoms with E-state index in [2.05, 4.69) is 4.98 Å². The lowest BCUT2D eigenvalue weighted by Gasteiger charge is -2.10. The van der Waals surface area contributed by atoms with E-state index in [9.17, 15) is 8.42 Å². The van der Waals surface area contributed by atoms with Crippen molar-refractivity contribution in [3.8, 4) is 11.8 Å². The topological polar surface area (TPSA) is 80.0 Å². The largest absolute Gasteiger partial charge is 0.497 e. The summed E-state index contributed by atoms with van der Waals surface area (Å²) in [5.74, 6) is 0.548. The van der Waals surface area contributed by atoms with Crippen molar-refractivity contribution in [2.75, 3.05) is 7.11 Å². The van der Waals surface area contributed by atoms with Gasteiger partial charge in [0.15, 0.2) is 0 Å². The van der Waals surface area contributed by atoms with Gasteiger partial charge in [0.1, 0.15) is 10.6 Å². The highest BCUT2D eigenvalue weighted by atomic mass is 35.5. The molecule has 0 unspecified atom stereocenters. The molecule has 0 fully saturated rings. The molecule has 0 saturated heterocycles. The number of sulfone groups is 1. The summed E-state index contributed by atoms with van der Waals surface area (Å²) < 4.78 is 30.9. The maximum absolute atomic E-state index is 12.9. The number of rotatable bonds is 3. The minimum Gasteiger partial charge on any atom is -0.497 e. The van der Waals surface area contributed by atoms with Gasteiger partial charge in [-0.2, -0.15) is 5.26 Å². The molecule has 5 nitrogen and oxygen atoms in total. The molecule has 0 atom stereocenters. The molecule has 0 radical (unpaired) electrons. The molecule has 0 aliphatic carbocycles. The van der Waals surface area contributed by atoms with Gasteiger partial charge in [-0.1, -0.05) is 17.7 Å². The fourth-order valence-electron chi connectivity index (χ4n) is 2.30. The van der Waals surface area contributed by atoms with Crippen LogP contribution >= 0.6 is 11.6 Å². The van der Waals surface area contributed by atoms with Gasteiger partial charge in [0.2, 0.25) is 9.84 Å². The van der Waals surface area contributed by atoms with E-state index >= 15 is 0 Å². The van der Waals surface area contributed by atoms with Crippen LogP contribution in [0.1, 0.15) is 5.56 Å². The molecule has 0 aliphatic heterocycles. The number of benzene rings is 2. The number of nitrogens with zero attached hydrogens (tertiary/aromatic N) is 2. The maximum Gasteiger partial charge on any atom is 0.209 e. The first kappa shape index (κ1) is 16.2. The number of methoxy groups -OCH3 is 1. The summed E-state index contributed by atoms with van der Waals surface area (Å²) in [4.78, 5) is 4.05. The number of hydrogen-bond donors (Lipinski definition) is 0. The molecule has 24 heavy (non-hydrogen) atoms. The van der Waals surface area contributed by atoms with Crippen molar-refractivity contribution < 1.29 is 13.2 Å². The lowest BCUT2D eigenvalue weighted by Crippen LogP contribution is -2.04. The molecule has 0 saturated carbocycles. The minimum atomic E-state index is -3.90. The molecule has 120 valence electrons. The van der Waals surface area contributed by atoms with Crippen molar-refractivity contribution >= 4 is 32.3 Å². The number of halogens is 1. The molecule has 7 heteroatoms. The van der Waals surface area contributed by atoms with E-state index in [1.807, 2.05) is 6.07 Å². The van der Waals surface area contributed by atoms with Gasteiger partial charge in [-0.15, -0.1) is 0 Å². The minimum absolute atomic E-state index is 0.00695. The van der Waals surface area contributed by atoms with E-state index in [4.69, 9.17) is 21.6 Å². The van der Waals surface area contributed by atoms with Crippen LogP contribution in [-0.4, -0.2) is 20.5 Å². The molecule has 3 aromatic rings. The van der Waals surface area contributed by atoms with Crippen LogP contribution in [0.4, 0.5) is 0 Å². The molecule has 0 spiro atoms. The van der Waals surface area contributed by atoms with Crippen LogP contribution < -0.4 is 4.74 Å². The van der Waals surface area contributed by atoms with Crippen LogP contribution in [0.5, 0.6) is 5.75 Å². The average molecular weight is 359 g/mol. The number of ether oxygens (including phenoxy) is 1. The zero-order valence-electron chi connectivity index (χ0n) is 12.5. The van der Waals surface area contributed by atoms with Crippen LogP contribution in [0, 0.1) is 11.3 Å². The predicted molar refractivity (Wildman–Crippen MR) is 89.9 cm³/mol. The highest BCUT2D eigenvalue weighted by Crippen LogP contribution is 2.34. The van der Waals surface area contributed by atoms with E-state index in [0.717, 1.165) is 0 Å². The zero-order chi connectivity index (χ0) is 17.3. The summed E-state index contributed by atoms with van der Waals surface area (Å²) in [6, 6.07) is 12.7. The molecule has 0 amide bonds. The molecule has 3 rings (SSSR count). The van der Waals surface area contributed by atoms with Crippen molar-refractivity contribution in [3.05, 3.63) is 59.2 Å². The van der Waals surface area contributed by atoms with Crippen molar-refractivity contribution in [1.82, 2.24) is 4.98 Å². The summed E-state index contributed by atoms with van der Waals surface area (Å²) >= 11 is 6.34. The molecule has 1 heterocycles. The van der Waals surface area contributed by atoms with Crippen molar-refractivity contribution in [2.24, 2.45) is 0 Å². The number of pyridine rings is 1. The van der Waals surface area contributed by atoms with Gasteiger partial charge >= 0.3 is 0 Å². The third-order valence-electron chi connectivity index (χ3n) is 3.54. The SMILES string of the molecule is COc1ccc2ncc(S(=O)(=O)c3cccc(C#N)c3)c(Cl)c2c1. The van der Waals surface area contributed by atoms with Crippen LogP contribution in [0.25, 0.3) is 10.9 Å². The molecule has 0 N–H and O–H groups in total. The molecular formula is C17H11ClN2O3S. The number of fused-ring (bicyclic) bond motifs is 1. The second-order valence-electron chi connectivity index (χ2n) is 4.96.